The molecule has 0 radical (unpaired) electrons. The number of halogens is 3. The van der Waals surface area contributed by atoms with E-state index in [2.05, 4.69) is 24.5 Å². The molecule has 2 saturated heterocycles. The summed E-state index contributed by atoms with van der Waals surface area (Å²) in [6.07, 6.45) is 3.57. The van der Waals surface area contributed by atoms with Crippen molar-refractivity contribution in [3.63, 3.8) is 0 Å². The van der Waals surface area contributed by atoms with Crippen LogP contribution in [0.25, 0.3) is 10.2 Å². The SMILES string of the molecule is CS(=O)(=O)N[C@H]1CC[C@@H](CN2CCC3(CCN(c4ncnc5sc(CC(F)(F)F)cc45)C3)C2)CC1. The number of alkyl halides is 3. The van der Waals surface area contributed by atoms with Crippen LogP contribution in [-0.2, 0) is 16.4 Å². The summed E-state index contributed by atoms with van der Waals surface area (Å²) in [6.45, 7) is 4.86. The van der Waals surface area contributed by atoms with Crippen molar-refractivity contribution in [3.8, 4) is 0 Å². The predicted octanol–water partition coefficient (Wildman–Crippen LogP) is 3.81. The highest BCUT2D eigenvalue weighted by molar-refractivity contribution is 7.88. The van der Waals surface area contributed by atoms with Gasteiger partial charge in [0.2, 0.25) is 10.0 Å². The van der Waals surface area contributed by atoms with Crippen molar-refractivity contribution in [1.29, 1.82) is 0 Å². The zero-order valence-corrected chi connectivity index (χ0v) is 21.5. The second-order valence-electron chi connectivity index (χ2n) is 10.7. The van der Waals surface area contributed by atoms with Crippen molar-refractivity contribution >= 4 is 37.4 Å². The number of fused-ring (bicyclic) bond motifs is 1. The van der Waals surface area contributed by atoms with Crippen molar-refractivity contribution in [2.24, 2.45) is 11.3 Å². The topological polar surface area (TPSA) is 78.4 Å². The summed E-state index contributed by atoms with van der Waals surface area (Å²) in [6, 6.07) is 1.68. The Morgan fingerprint density at radius 1 is 1.14 bits per heavy atom. The third-order valence-electron chi connectivity index (χ3n) is 7.73. The number of hydrogen-bond donors (Lipinski definition) is 1. The highest BCUT2D eigenvalue weighted by Crippen LogP contribution is 2.43. The fourth-order valence-electron chi connectivity index (χ4n) is 6.19. The number of likely N-dealkylation sites (tertiary alicyclic amines) is 1. The molecule has 1 atom stereocenters. The van der Waals surface area contributed by atoms with E-state index in [4.69, 9.17) is 0 Å². The quantitative estimate of drug-likeness (QED) is 0.611. The molecular weight excluding hydrogens is 499 g/mol. The summed E-state index contributed by atoms with van der Waals surface area (Å²) in [7, 11) is -3.15. The van der Waals surface area contributed by atoms with E-state index in [1.807, 2.05) is 0 Å². The van der Waals surface area contributed by atoms with Gasteiger partial charge in [-0.2, -0.15) is 13.2 Å². The van der Waals surface area contributed by atoms with Crippen molar-refractivity contribution in [3.05, 3.63) is 17.3 Å². The standard InChI is InChI=1S/C23H32F3N5O2S2/c1-35(32,33)29-17-4-2-16(3-5-17)12-30-8-6-22(13-30)7-9-31(14-22)20-19-10-18(11-23(24,25)26)34-21(19)28-15-27-20/h10,15-17,29H,2-9,11-14H2,1H3/t16-,17+,22?. The number of hydrogen-bond acceptors (Lipinski definition) is 7. The van der Waals surface area contributed by atoms with E-state index >= 15 is 0 Å². The van der Waals surface area contributed by atoms with Crippen LogP contribution >= 0.6 is 11.3 Å². The fourth-order valence-corrected chi connectivity index (χ4v) is 8.06. The molecule has 3 aliphatic rings. The molecule has 0 amide bonds. The van der Waals surface area contributed by atoms with Gasteiger partial charge >= 0.3 is 6.18 Å². The molecule has 1 unspecified atom stereocenters. The zero-order chi connectivity index (χ0) is 24.8. The van der Waals surface area contributed by atoms with Gasteiger partial charge in [-0.3, -0.25) is 0 Å². The molecule has 1 saturated carbocycles. The molecule has 2 aromatic heterocycles. The van der Waals surface area contributed by atoms with Crippen molar-refractivity contribution in [1.82, 2.24) is 19.6 Å². The molecule has 12 heteroatoms. The van der Waals surface area contributed by atoms with Gasteiger partial charge in [0.1, 0.15) is 17.0 Å². The van der Waals surface area contributed by atoms with Crippen LogP contribution in [0.5, 0.6) is 0 Å². The van der Waals surface area contributed by atoms with E-state index in [-0.39, 0.29) is 16.3 Å². The summed E-state index contributed by atoms with van der Waals surface area (Å²) in [5.41, 5.74) is 0.192. The third kappa shape index (κ3) is 6.08. The Morgan fingerprint density at radius 3 is 2.60 bits per heavy atom. The first-order valence-corrected chi connectivity index (χ1v) is 14.9. The van der Waals surface area contributed by atoms with E-state index in [0.29, 0.717) is 10.7 Å². The van der Waals surface area contributed by atoms with Crippen LogP contribution < -0.4 is 9.62 Å². The van der Waals surface area contributed by atoms with Gasteiger partial charge in [0, 0.05) is 42.5 Å². The summed E-state index contributed by atoms with van der Waals surface area (Å²) < 4.78 is 64.4. The van der Waals surface area contributed by atoms with Gasteiger partial charge in [0.25, 0.3) is 0 Å². The summed E-state index contributed by atoms with van der Waals surface area (Å²) in [5, 5.41) is 0.725. The largest absolute Gasteiger partial charge is 0.393 e. The average Bonchev–Trinajstić information content (AvgIpc) is 3.45. The van der Waals surface area contributed by atoms with Crippen molar-refractivity contribution in [2.75, 3.05) is 43.9 Å². The number of nitrogens with one attached hydrogen (secondary N) is 1. The maximum absolute atomic E-state index is 12.9. The molecule has 0 bridgehead atoms. The molecule has 5 rings (SSSR count). The molecule has 0 aromatic carbocycles. The lowest BCUT2D eigenvalue weighted by Crippen LogP contribution is -2.39. The van der Waals surface area contributed by atoms with Crippen LogP contribution in [0.3, 0.4) is 0 Å². The van der Waals surface area contributed by atoms with Crippen LogP contribution in [0.4, 0.5) is 19.0 Å². The minimum Gasteiger partial charge on any atom is -0.355 e. The Balaban J connectivity index is 1.18. The number of thiophene rings is 1. The molecular formula is C23H32F3N5O2S2. The normalized spacial score (nSPS) is 28.5. The molecule has 1 spiro atoms. The highest BCUT2D eigenvalue weighted by atomic mass is 32.2. The second-order valence-corrected chi connectivity index (χ2v) is 13.6. The molecule has 3 fully saturated rings. The minimum absolute atomic E-state index is 0.0630. The first-order valence-electron chi connectivity index (χ1n) is 12.2. The molecule has 1 N–H and O–H groups in total. The summed E-state index contributed by atoms with van der Waals surface area (Å²) >= 11 is 1.10. The maximum atomic E-state index is 12.9. The molecule has 7 nitrogen and oxygen atoms in total. The van der Waals surface area contributed by atoms with Gasteiger partial charge in [0.15, 0.2) is 0 Å². The first kappa shape index (κ1) is 25.2. The fraction of sp³-hybridized carbons (Fsp3) is 0.739. The Labute approximate surface area is 208 Å². The van der Waals surface area contributed by atoms with Gasteiger partial charge in [-0.15, -0.1) is 11.3 Å². The number of anilines is 1. The predicted molar refractivity (Wildman–Crippen MR) is 131 cm³/mol. The number of rotatable bonds is 6. The summed E-state index contributed by atoms with van der Waals surface area (Å²) in [5.74, 6) is 1.35. The molecule has 2 aromatic rings. The zero-order valence-electron chi connectivity index (χ0n) is 19.9. The monoisotopic (exact) mass is 531 g/mol. The lowest BCUT2D eigenvalue weighted by molar-refractivity contribution is -0.126. The Bertz CT molecular complexity index is 1160. The van der Waals surface area contributed by atoms with E-state index in [1.54, 1.807) is 6.07 Å². The number of aromatic nitrogens is 2. The van der Waals surface area contributed by atoms with E-state index in [1.165, 1.54) is 12.6 Å². The van der Waals surface area contributed by atoms with Crippen LogP contribution in [0.15, 0.2) is 12.4 Å². The second kappa shape index (κ2) is 9.42. The highest BCUT2D eigenvalue weighted by Gasteiger charge is 2.44. The molecule has 4 heterocycles. The lowest BCUT2D eigenvalue weighted by atomic mass is 9.85. The molecule has 2 aliphatic heterocycles. The van der Waals surface area contributed by atoms with Crippen LogP contribution in [0, 0.1) is 11.3 Å². The molecule has 35 heavy (non-hydrogen) atoms. The van der Waals surface area contributed by atoms with E-state index < -0.39 is 22.6 Å². The van der Waals surface area contributed by atoms with Gasteiger partial charge < -0.3 is 9.80 Å². The van der Waals surface area contributed by atoms with E-state index in [9.17, 15) is 21.6 Å². The van der Waals surface area contributed by atoms with Gasteiger partial charge in [-0.05, 0) is 57.1 Å². The average molecular weight is 532 g/mol. The van der Waals surface area contributed by atoms with Crippen LogP contribution in [0.2, 0.25) is 0 Å². The van der Waals surface area contributed by atoms with Crippen LogP contribution in [0.1, 0.15) is 43.4 Å². The number of sulfonamides is 1. The van der Waals surface area contributed by atoms with Crippen molar-refractivity contribution in [2.45, 2.75) is 57.2 Å². The first-order chi connectivity index (χ1) is 16.5. The van der Waals surface area contributed by atoms with Crippen molar-refractivity contribution < 1.29 is 21.6 Å². The minimum atomic E-state index is -4.23. The molecule has 194 valence electrons. The van der Waals surface area contributed by atoms with Gasteiger partial charge in [-0.1, -0.05) is 0 Å². The third-order valence-corrected chi connectivity index (χ3v) is 9.54. The summed E-state index contributed by atoms with van der Waals surface area (Å²) in [4.78, 5) is 14.4. The van der Waals surface area contributed by atoms with E-state index in [0.717, 1.165) is 93.8 Å². The number of nitrogens with zero attached hydrogens (tertiary/aromatic N) is 4. The smallest absolute Gasteiger partial charge is 0.355 e. The van der Waals surface area contributed by atoms with Gasteiger partial charge in [0.05, 0.1) is 18.1 Å². The van der Waals surface area contributed by atoms with Crippen LogP contribution in [-0.4, -0.2) is 74.5 Å². The Hall–Kier alpha value is -1.50. The lowest BCUT2D eigenvalue weighted by Gasteiger charge is -2.32. The maximum Gasteiger partial charge on any atom is 0.393 e. The van der Waals surface area contributed by atoms with Gasteiger partial charge in [-0.25, -0.2) is 23.1 Å². The molecule has 1 aliphatic carbocycles. The Kier molecular flexibility index (Phi) is 6.77. The Morgan fingerprint density at radius 2 is 1.89 bits per heavy atom.